The van der Waals surface area contributed by atoms with Crippen LogP contribution >= 0.6 is 0 Å². The molecule has 1 fully saturated rings. The summed E-state index contributed by atoms with van der Waals surface area (Å²) < 4.78 is 10.8. The fourth-order valence-electron chi connectivity index (χ4n) is 4.23. The van der Waals surface area contributed by atoms with E-state index in [-0.39, 0.29) is 57.2 Å². The lowest BCUT2D eigenvalue weighted by atomic mass is 9.98. The van der Waals surface area contributed by atoms with Crippen molar-refractivity contribution in [3.8, 4) is 11.1 Å². The predicted molar refractivity (Wildman–Crippen MR) is 121 cm³/mol. The number of nitrogens with one attached hydrogen (secondary N) is 1. The largest absolute Gasteiger partial charge is 0.481 e. The van der Waals surface area contributed by atoms with Gasteiger partial charge in [0.1, 0.15) is 13.2 Å². The lowest BCUT2D eigenvalue weighted by Gasteiger charge is -2.21. The van der Waals surface area contributed by atoms with Crippen molar-refractivity contribution >= 4 is 18.0 Å². The van der Waals surface area contributed by atoms with Gasteiger partial charge in [0.05, 0.1) is 13.0 Å². The number of aliphatic carboxylic acids is 1. The van der Waals surface area contributed by atoms with Crippen LogP contribution < -0.4 is 5.32 Å². The smallest absolute Gasteiger partial charge is 0.407 e. The van der Waals surface area contributed by atoms with E-state index in [0.29, 0.717) is 0 Å². The summed E-state index contributed by atoms with van der Waals surface area (Å²) in [4.78, 5) is 36.8. The third-order valence-electron chi connectivity index (χ3n) is 5.96. The average Bonchev–Trinajstić information content (AvgIpc) is 3.60. The Labute approximate surface area is 192 Å². The summed E-state index contributed by atoms with van der Waals surface area (Å²) in [6.45, 7) is 0.664. The number of rotatable bonds is 11. The first kappa shape index (κ1) is 22.8. The van der Waals surface area contributed by atoms with Crippen LogP contribution in [0.25, 0.3) is 11.1 Å². The van der Waals surface area contributed by atoms with Crippen LogP contribution in [0.2, 0.25) is 0 Å². The van der Waals surface area contributed by atoms with Crippen LogP contribution in [0.4, 0.5) is 4.79 Å². The molecular weight excluding hydrogens is 424 g/mol. The molecule has 4 rings (SSSR count). The second-order valence-corrected chi connectivity index (χ2v) is 8.27. The van der Waals surface area contributed by atoms with E-state index in [2.05, 4.69) is 29.6 Å². The fraction of sp³-hybridized carbons (Fsp3) is 0.400. The third-order valence-corrected chi connectivity index (χ3v) is 5.96. The van der Waals surface area contributed by atoms with Gasteiger partial charge in [0, 0.05) is 25.0 Å². The van der Waals surface area contributed by atoms with E-state index >= 15 is 0 Å². The highest BCUT2D eigenvalue weighted by Gasteiger charge is 2.32. The van der Waals surface area contributed by atoms with Gasteiger partial charge in [-0.25, -0.2) is 4.79 Å². The predicted octanol–water partition coefficient (Wildman–Crippen LogP) is 3.01. The third kappa shape index (κ3) is 5.70. The molecule has 0 bridgehead atoms. The van der Waals surface area contributed by atoms with Crippen LogP contribution in [0.1, 0.15) is 36.3 Å². The Morgan fingerprint density at radius 3 is 2.24 bits per heavy atom. The molecule has 8 heteroatoms. The summed E-state index contributed by atoms with van der Waals surface area (Å²) in [5.74, 6) is -1.15. The molecule has 33 heavy (non-hydrogen) atoms. The molecule has 2 N–H and O–H groups in total. The number of carboxylic acids is 1. The van der Waals surface area contributed by atoms with Crippen molar-refractivity contribution in [1.29, 1.82) is 0 Å². The van der Waals surface area contributed by atoms with E-state index in [1.54, 1.807) is 4.90 Å². The summed E-state index contributed by atoms with van der Waals surface area (Å²) in [6, 6.07) is 16.4. The standard InChI is InChI=1S/C25H28N2O6/c28-23(27(17-9-10-17)13-11-24(29)30)16-32-14-12-26-25(31)33-15-22-20-7-3-1-5-18(20)19-6-2-4-8-21(19)22/h1-8,17,22H,9-16H2,(H,26,31)(H,29,30). The van der Waals surface area contributed by atoms with Gasteiger partial charge in [-0.2, -0.15) is 0 Å². The van der Waals surface area contributed by atoms with Crippen molar-refractivity contribution in [3.63, 3.8) is 0 Å². The Balaban J connectivity index is 1.17. The van der Waals surface area contributed by atoms with Gasteiger partial charge in [0.2, 0.25) is 5.91 Å². The molecule has 0 saturated heterocycles. The van der Waals surface area contributed by atoms with Gasteiger partial charge in [-0.05, 0) is 35.1 Å². The second kappa shape index (κ2) is 10.5. The zero-order chi connectivity index (χ0) is 23.2. The number of carbonyl (C=O) groups is 3. The summed E-state index contributed by atoms with van der Waals surface area (Å²) in [5.41, 5.74) is 4.64. The molecule has 0 atom stereocenters. The van der Waals surface area contributed by atoms with Crippen LogP contribution in [-0.4, -0.2) is 66.9 Å². The van der Waals surface area contributed by atoms with Crippen LogP contribution in [-0.2, 0) is 19.1 Å². The highest BCUT2D eigenvalue weighted by molar-refractivity contribution is 5.79. The zero-order valence-corrected chi connectivity index (χ0v) is 18.4. The maximum absolute atomic E-state index is 12.3. The number of fused-ring (bicyclic) bond motifs is 3. The van der Waals surface area contributed by atoms with Gasteiger partial charge in [0.25, 0.3) is 0 Å². The Morgan fingerprint density at radius 1 is 1.00 bits per heavy atom. The van der Waals surface area contributed by atoms with E-state index < -0.39 is 12.1 Å². The number of nitrogens with zero attached hydrogens (tertiary/aromatic N) is 1. The molecule has 174 valence electrons. The van der Waals surface area contributed by atoms with Crippen molar-refractivity contribution in [3.05, 3.63) is 59.7 Å². The van der Waals surface area contributed by atoms with Crippen molar-refractivity contribution in [2.45, 2.75) is 31.2 Å². The molecule has 0 unspecified atom stereocenters. The van der Waals surface area contributed by atoms with Gasteiger partial charge in [-0.15, -0.1) is 0 Å². The van der Waals surface area contributed by atoms with E-state index in [4.69, 9.17) is 14.6 Å². The summed E-state index contributed by atoms with van der Waals surface area (Å²) in [7, 11) is 0. The zero-order valence-electron chi connectivity index (χ0n) is 18.4. The van der Waals surface area contributed by atoms with Gasteiger partial charge in [-0.1, -0.05) is 48.5 Å². The normalized spacial score (nSPS) is 14.3. The topological polar surface area (TPSA) is 105 Å². The minimum Gasteiger partial charge on any atom is -0.481 e. The lowest BCUT2D eigenvalue weighted by molar-refractivity contribution is -0.140. The number of amides is 2. The first-order chi connectivity index (χ1) is 16.0. The number of carbonyl (C=O) groups excluding carboxylic acids is 2. The second-order valence-electron chi connectivity index (χ2n) is 8.27. The molecule has 2 aliphatic rings. The molecule has 2 aliphatic carbocycles. The fourth-order valence-corrected chi connectivity index (χ4v) is 4.23. The van der Waals surface area contributed by atoms with E-state index in [1.807, 2.05) is 24.3 Å². The van der Waals surface area contributed by atoms with E-state index in [0.717, 1.165) is 24.0 Å². The minimum atomic E-state index is -0.929. The highest BCUT2D eigenvalue weighted by Crippen LogP contribution is 2.44. The van der Waals surface area contributed by atoms with Crippen LogP contribution in [0.3, 0.4) is 0 Å². The highest BCUT2D eigenvalue weighted by atomic mass is 16.5. The molecule has 2 aromatic carbocycles. The minimum absolute atomic E-state index is 0.00349. The number of ether oxygens (including phenoxy) is 2. The van der Waals surface area contributed by atoms with Gasteiger partial charge in [-0.3, -0.25) is 9.59 Å². The number of hydrogen-bond donors (Lipinski definition) is 2. The summed E-state index contributed by atoms with van der Waals surface area (Å²) >= 11 is 0. The van der Waals surface area contributed by atoms with Gasteiger partial charge < -0.3 is 24.8 Å². The maximum Gasteiger partial charge on any atom is 0.407 e. The maximum atomic E-state index is 12.3. The molecule has 8 nitrogen and oxygen atoms in total. The summed E-state index contributed by atoms with van der Waals surface area (Å²) in [6.07, 6.45) is 1.18. The number of carboxylic acid groups (broad SMARTS) is 1. The molecule has 2 amide bonds. The molecule has 0 spiro atoms. The van der Waals surface area contributed by atoms with Crippen LogP contribution in [0.5, 0.6) is 0 Å². The Bertz CT molecular complexity index is 974. The van der Waals surface area contributed by atoms with Crippen molar-refractivity contribution in [2.75, 3.05) is 32.9 Å². The lowest BCUT2D eigenvalue weighted by Crippen LogP contribution is -2.38. The average molecular weight is 453 g/mol. The Kier molecular flexibility index (Phi) is 7.24. The first-order valence-electron chi connectivity index (χ1n) is 11.2. The monoisotopic (exact) mass is 452 g/mol. The van der Waals surface area contributed by atoms with Gasteiger partial charge in [0.15, 0.2) is 0 Å². The Hall–Kier alpha value is -3.39. The number of benzene rings is 2. The van der Waals surface area contributed by atoms with Crippen LogP contribution in [0.15, 0.2) is 48.5 Å². The molecule has 0 radical (unpaired) electrons. The molecule has 1 saturated carbocycles. The molecule has 0 aliphatic heterocycles. The molecular formula is C25H28N2O6. The van der Waals surface area contributed by atoms with E-state index in [9.17, 15) is 14.4 Å². The van der Waals surface area contributed by atoms with Gasteiger partial charge >= 0.3 is 12.1 Å². The van der Waals surface area contributed by atoms with Crippen molar-refractivity contribution in [1.82, 2.24) is 10.2 Å². The first-order valence-corrected chi connectivity index (χ1v) is 11.2. The van der Waals surface area contributed by atoms with E-state index in [1.165, 1.54) is 11.1 Å². The SMILES string of the molecule is O=C(O)CCN(C(=O)COCCNC(=O)OCC1c2ccccc2-c2ccccc21)C1CC1. The summed E-state index contributed by atoms with van der Waals surface area (Å²) in [5, 5.41) is 11.5. The number of hydrogen-bond acceptors (Lipinski definition) is 5. The Morgan fingerprint density at radius 2 is 1.64 bits per heavy atom. The molecule has 2 aromatic rings. The van der Waals surface area contributed by atoms with Crippen LogP contribution in [0, 0.1) is 0 Å². The molecule has 0 heterocycles. The van der Waals surface area contributed by atoms with Crippen molar-refractivity contribution < 1.29 is 29.0 Å². The molecule has 0 aromatic heterocycles. The van der Waals surface area contributed by atoms with Crippen molar-refractivity contribution in [2.24, 2.45) is 0 Å². The quantitative estimate of drug-likeness (QED) is 0.508. The number of alkyl carbamates (subject to hydrolysis) is 1.